The lowest BCUT2D eigenvalue weighted by atomic mass is 9.96. The molecule has 0 bridgehead atoms. The minimum atomic E-state index is -0.954. The average Bonchev–Trinajstić information content (AvgIpc) is 2.34. The van der Waals surface area contributed by atoms with E-state index in [1.807, 2.05) is 13.2 Å². The van der Waals surface area contributed by atoms with Crippen LogP contribution in [-0.4, -0.2) is 26.8 Å². The number of aldehydes is 1. The first-order valence-electron chi connectivity index (χ1n) is 4.17. The summed E-state index contributed by atoms with van der Waals surface area (Å²) in [5, 5.41) is 13.7. The second-order valence-corrected chi connectivity index (χ2v) is 3.57. The molecule has 4 heteroatoms. The van der Waals surface area contributed by atoms with Crippen molar-refractivity contribution in [3.05, 3.63) is 18.0 Å². The Hall–Kier alpha value is -1.16. The Morgan fingerprint density at radius 2 is 2.46 bits per heavy atom. The van der Waals surface area contributed by atoms with Gasteiger partial charge in [-0.2, -0.15) is 5.10 Å². The lowest BCUT2D eigenvalue weighted by molar-refractivity contribution is -0.111. The summed E-state index contributed by atoms with van der Waals surface area (Å²) in [5.74, 6) is 0. The predicted molar refractivity (Wildman–Crippen MR) is 48.2 cm³/mol. The molecule has 1 unspecified atom stereocenters. The first-order chi connectivity index (χ1) is 6.03. The van der Waals surface area contributed by atoms with E-state index in [4.69, 9.17) is 0 Å². The van der Waals surface area contributed by atoms with Gasteiger partial charge in [0.1, 0.15) is 6.29 Å². The van der Waals surface area contributed by atoms with E-state index in [0.717, 1.165) is 11.8 Å². The van der Waals surface area contributed by atoms with E-state index in [-0.39, 0.29) is 6.42 Å². The highest BCUT2D eigenvalue weighted by atomic mass is 16.3. The Balaban J connectivity index is 2.62. The highest BCUT2D eigenvalue weighted by Gasteiger charge is 2.20. The fourth-order valence-corrected chi connectivity index (χ4v) is 1.25. The molecular weight excluding hydrogens is 168 g/mol. The molecular formula is C9H14N2O2. The van der Waals surface area contributed by atoms with Crippen LogP contribution in [0.2, 0.25) is 0 Å². The van der Waals surface area contributed by atoms with Gasteiger partial charge in [0.15, 0.2) is 0 Å². The van der Waals surface area contributed by atoms with Crippen molar-refractivity contribution in [3.8, 4) is 0 Å². The molecule has 0 saturated carbocycles. The molecule has 72 valence electrons. The van der Waals surface area contributed by atoms with Gasteiger partial charge in [0.25, 0.3) is 0 Å². The van der Waals surface area contributed by atoms with Crippen molar-refractivity contribution < 1.29 is 9.90 Å². The molecule has 0 radical (unpaired) electrons. The number of aryl methyl sites for hydroxylation is 1. The lowest BCUT2D eigenvalue weighted by Crippen LogP contribution is -2.27. The SMILES string of the molecule is Cn1cc(CC(C)(O)CC=O)cn1. The molecule has 1 aromatic heterocycles. The van der Waals surface area contributed by atoms with Crippen LogP contribution in [0.3, 0.4) is 0 Å². The largest absolute Gasteiger partial charge is 0.389 e. The molecule has 0 fully saturated rings. The second-order valence-electron chi connectivity index (χ2n) is 3.57. The Morgan fingerprint density at radius 1 is 1.77 bits per heavy atom. The van der Waals surface area contributed by atoms with Gasteiger partial charge < -0.3 is 9.90 Å². The van der Waals surface area contributed by atoms with Crippen LogP contribution in [0.25, 0.3) is 0 Å². The molecule has 1 aromatic rings. The number of hydrogen-bond acceptors (Lipinski definition) is 3. The summed E-state index contributed by atoms with van der Waals surface area (Å²) in [6.07, 6.45) is 4.87. The highest BCUT2D eigenvalue weighted by molar-refractivity contribution is 5.51. The fourth-order valence-electron chi connectivity index (χ4n) is 1.25. The monoisotopic (exact) mass is 182 g/mol. The molecule has 0 saturated heterocycles. The molecule has 0 aliphatic heterocycles. The number of aliphatic hydroxyl groups is 1. The van der Waals surface area contributed by atoms with Crippen molar-refractivity contribution in [2.24, 2.45) is 7.05 Å². The first kappa shape index (κ1) is 9.92. The average molecular weight is 182 g/mol. The summed E-state index contributed by atoms with van der Waals surface area (Å²) >= 11 is 0. The van der Waals surface area contributed by atoms with Crippen LogP contribution in [0.5, 0.6) is 0 Å². The summed E-state index contributed by atoms with van der Waals surface area (Å²) in [6.45, 7) is 1.65. The molecule has 0 aliphatic carbocycles. The molecule has 1 rings (SSSR count). The van der Waals surface area contributed by atoms with E-state index in [0.29, 0.717) is 6.42 Å². The van der Waals surface area contributed by atoms with E-state index in [1.165, 1.54) is 0 Å². The van der Waals surface area contributed by atoms with Gasteiger partial charge in [-0.15, -0.1) is 0 Å². The molecule has 1 atom stereocenters. The highest BCUT2D eigenvalue weighted by Crippen LogP contribution is 2.14. The van der Waals surface area contributed by atoms with Gasteiger partial charge in [-0.05, 0) is 12.5 Å². The van der Waals surface area contributed by atoms with Crippen LogP contribution in [-0.2, 0) is 18.3 Å². The maximum Gasteiger partial charge on any atom is 0.122 e. The summed E-state index contributed by atoms with van der Waals surface area (Å²) in [4.78, 5) is 10.2. The summed E-state index contributed by atoms with van der Waals surface area (Å²) in [5.41, 5.74) is -0.0144. The van der Waals surface area contributed by atoms with E-state index < -0.39 is 5.60 Å². The van der Waals surface area contributed by atoms with Crippen LogP contribution in [0.15, 0.2) is 12.4 Å². The Labute approximate surface area is 77.2 Å². The van der Waals surface area contributed by atoms with E-state index in [1.54, 1.807) is 17.8 Å². The number of rotatable bonds is 4. The second kappa shape index (κ2) is 3.70. The Bertz CT molecular complexity index is 292. The van der Waals surface area contributed by atoms with Crippen LogP contribution < -0.4 is 0 Å². The Morgan fingerprint density at radius 3 is 2.92 bits per heavy atom. The maximum atomic E-state index is 10.2. The first-order valence-corrected chi connectivity index (χ1v) is 4.17. The van der Waals surface area contributed by atoms with E-state index in [9.17, 15) is 9.90 Å². The quantitative estimate of drug-likeness (QED) is 0.681. The third-order valence-corrected chi connectivity index (χ3v) is 1.87. The van der Waals surface area contributed by atoms with Gasteiger partial charge in [0.05, 0.1) is 11.8 Å². The maximum absolute atomic E-state index is 10.2. The summed E-state index contributed by atoms with van der Waals surface area (Å²) < 4.78 is 1.67. The van der Waals surface area contributed by atoms with Gasteiger partial charge in [0, 0.05) is 26.1 Å². The normalized spacial score (nSPS) is 15.3. The topological polar surface area (TPSA) is 55.1 Å². The van der Waals surface area contributed by atoms with E-state index in [2.05, 4.69) is 5.10 Å². The predicted octanol–water partition coefficient (Wildman–Crippen LogP) is 0.303. The molecule has 0 amide bonds. The minimum Gasteiger partial charge on any atom is -0.389 e. The van der Waals surface area contributed by atoms with Crippen LogP contribution >= 0.6 is 0 Å². The number of aromatic nitrogens is 2. The van der Waals surface area contributed by atoms with Gasteiger partial charge in [-0.1, -0.05) is 0 Å². The van der Waals surface area contributed by atoms with Crippen molar-refractivity contribution in [2.75, 3.05) is 0 Å². The standard InChI is InChI=1S/C9H14N2O2/c1-9(13,3-4-12)5-8-6-10-11(2)7-8/h4,6-7,13H,3,5H2,1-2H3. The van der Waals surface area contributed by atoms with Gasteiger partial charge in [-0.25, -0.2) is 0 Å². The molecule has 0 spiro atoms. The fraction of sp³-hybridized carbons (Fsp3) is 0.556. The molecule has 0 aromatic carbocycles. The van der Waals surface area contributed by atoms with Gasteiger partial charge in [0.2, 0.25) is 0 Å². The van der Waals surface area contributed by atoms with Crippen molar-refractivity contribution >= 4 is 6.29 Å². The zero-order valence-electron chi connectivity index (χ0n) is 7.90. The van der Waals surface area contributed by atoms with Crippen molar-refractivity contribution in [2.45, 2.75) is 25.4 Å². The lowest BCUT2D eigenvalue weighted by Gasteiger charge is -2.18. The van der Waals surface area contributed by atoms with Crippen molar-refractivity contribution in [1.82, 2.24) is 9.78 Å². The van der Waals surface area contributed by atoms with Crippen LogP contribution in [0, 0.1) is 0 Å². The number of nitrogens with zero attached hydrogens (tertiary/aromatic N) is 2. The zero-order chi connectivity index (χ0) is 9.90. The van der Waals surface area contributed by atoms with Crippen molar-refractivity contribution in [3.63, 3.8) is 0 Å². The molecule has 4 nitrogen and oxygen atoms in total. The van der Waals surface area contributed by atoms with Crippen molar-refractivity contribution in [1.29, 1.82) is 0 Å². The van der Waals surface area contributed by atoms with E-state index >= 15 is 0 Å². The molecule has 1 N–H and O–H groups in total. The molecule has 13 heavy (non-hydrogen) atoms. The minimum absolute atomic E-state index is 0.155. The third kappa shape index (κ3) is 2.99. The third-order valence-electron chi connectivity index (χ3n) is 1.87. The van der Waals surface area contributed by atoms with Gasteiger partial charge in [-0.3, -0.25) is 4.68 Å². The zero-order valence-corrected chi connectivity index (χ0v) is 7.90. The number of carbonyl (C=O) groups is 1. The molecule has 0 aliphatic rings. The number of hydrogen-bond donors (Lipinski definition) is 1. The van der Waals surface area contributed by atoms with Crippen LogP contribution in [0.4, 0.5) is 0 Å². The number of carbonyl (C=O) groups excluding carboxylic acids is 1. The summed E-state index contributed by atoms with van der Waals surface area (Å²) in [7, 11) is 1.82. The molecule has 1 heterocycles. The summed E-state index contributed by atoms with van der Waals surface area (Å²) in [6, 6.07) is 0. The smallest absolute Gasteiger partial charge is 0.122 e. The van der Waals surface area contributed by atoms with Gasteiger partial charge >= 0.3 is 0 Å². The van der Waals surface area contributed by atoms with Crippen LogP contribution in [0.1, 0.15) is 18.9 Å². The Kier molecular flexibility index (Phi) is 2.83.